The quantitative estimate of drug-likeness (QED) is 0.712. The molecular weight excluding hydrogens is 277 g/mol. The molecule has 0 aliphatic heterocycles. The van der Waals surface area contributed by atoms with Crippen LogP contribution < -0.4 is 4.74 Å². The van der Waals surface area contributed by atoms with E-state index in [1.165, 1.54) is 12.1 Å². The van der Waals surface area contributed by atoms with Gasteiger partial charge < -0.3 is 9.15 Å². The van der Waals surface area contributed by atoms with Gasteiger partial charge in [0.05, 0.1) is 4.88 Å². The maximum Gasteiger partial charge on any atom is 0.236 e. The molecule has 2 heterocycles. The molecule has 0 radical (unpaired) electrons. The van der Waals surface area contributed by atoms with Crippen LogP contribution in [-0.2, 0) is 6.61 Å². The zero-order valence-electron chi connectivity index (χ0n) is 10.8. The molecule has 102 valence electrons. The molecule has 20 heavy (non-hydrogen) atoms. The van der Waals surface area contributed by atoms with E-state index in [1.54, 1.807) is 23.5 Å². The van der Waals surface area contributed by atoms with Crippen molar-refractivity contribution in [2.75, 3.05) is 0 Å². The second kappa shape index (κ2) is 5.46. The van der Waals surface area contributed by atoms with E-state index in [2.05, 4.69) is 4.98 Å². The highest BCUT2D eigenvalue weighted by Crippen LogP contribution is 2.26. The molecule has 0 unspecified atom stereocenters. The van der Waals surface area contributed by atoms with E-state index in [-0.39, 0.29) is 12.4 Å². The van der Waals surface area contributed by atoms with Gasteiger partial charge >= 0.3 is 0 Å². The zero-order chi connectivity index (χ0) is 13.9. The topological polar surface area (TPSA) is 35.3 Å². The van der Waals surface area contributed by atoms with Gasteiger partial charge in [0.2, 0.25) is 5.89 Å². The average molecular weight is 289 g/mol. The number of ether oxygens (including phenoxy) is 1. The van der Waals surface area contributed by atoms with Crippen LogP contribution in [0.15, 0.2) is 46.2 Å². The number of rotatable bonds is 4. The number of benzene rings is 1. The zero-order valence-corrected chi connectivity index (χ0v) is 11.6. The van der Waals surface area contributed by atoms with Crippen molar-refractivity contribution in [2.45, 2.75) is 13.5 Å². The molecule has 0 amide bonds. The summed E-state index contributed by atoms with van der Waals surface area (Å²) in [6, 6.07) is 9.93. The Morgan fingerprint density at radius 1 is 1.30 bits per heavy atom. The van der Waals surface area contributed by atoms with Crippen molar-refractivity contribution in [2.24, 2.45) is 0 Å². The second-order valence-corrected chi connectivity index (χ2v) is 5.19. The van der Waals surface area contributed by atoms with E-state index in [0.717, 1.165) is 10.6 Å². The van der Waals surface area contributed by atoms with Crippen LogP contribution in [0.25, 0.3) is 10.8 Å². The summed E-state index contributed by atoms with van der Waals surface area (Å²) in [6.07, 6.45) is 0. The minimum absolute atomic E-state index is 0.254. The van der Waals surface area contributed by atoms with Crippen molar-refractivity contribution in [3.05, 3.63) is 59.0 Å². The second-order valence-electron chi connectivity index (χ2n) is 4.25. The van der Waals surface area contributed by atoms with Gasteiger partial charge in [-0.15, -0.1) is 11.3 Å². The van der Waals surface area contributed by atoms with E-state index >= 15 is 0 Å². The Balaban J connectivity index is 1.75. The fourth-order valence-electron chi connectivity index (χ4n) is 1.78. The van der Waals surface area contributed by atoms with Crippen LogP contribution in [0, 0.1) is 12.7 Å². The third kappa shape index (κ3) is 2.72. The molecule has 2 aromatic heterocycles. The molecule has 0 saturated heterocycles. The van der Waals surface area contributed by atoms with Crippen LogP contribution in [0.4, 0.5) is 4.39 Å². The van der Waals surface area contributed by atoms with Crippen molar-refractivity contribution in [3.8, 4) is 16.5 Å². The highest BCUT2D eigenvalue weighted by Gasteiger charge is 2.12. The molecule has 5 heteroatoms. The Morgan fingerprint density at radius 3 is 2.95 bits per heavy atom. The van der Waals surface area contributed by atoms with Crippen LogP contribution >= 0.6 is 11.3 Å². The van der Waals surface area contributed by atoms with Crippen molar-refractivity contribution >= 4 is 11.3 Å². The first kappa shape index (κ1) is 12.9. The molecule has 1 aromatic carbocycles. The minimum Gasteiger partial charge on any atom is -0.487 e. The number of thiophene rings is 1. The fraction of sp³-hybridized carbons (Fsp3) is 0.133. The summed E-state index contributed by atoms with van der Waals surface area (Å²) in [5, 5.41) is 1.97. The smallest absolute Gasteiger partial charge is 0.236 e. The predicted octanol–water partition coefficient (Wildman–Crippen LogP) is 4.43. The van der Waals surface area contributed by atoms with Gasteiger partial charge in [-0.2, -0.15) is 0 Å². The maximum atomic E-state index is 13.0. The summed E-state index contributed by atoms with van der Waals surface area (Å²) in [6.45, 7) is 2.10. The number of hydrogen-bond donors (Lipinski definition) is 0. The van der Waals surface area contributed by atoms with Crippen LogP contribution in [0.1, 0.15) is 11.5 Å². The normalized spacial score (nSPS) is 10.7. The van der Waals surface area contributed by atoms with E-state index in [9.17, 15) is 4.39 Å². The lowest BCUT2D eigenvalue weighted by atomic mass is 10.3. The number of nitrogens with zero attached hydrogens (tertiary/aromatic N) is 1. The third-order valence-electron chi connectivity index (χ3n) is 2.80. The molecular formula is C15H12FNO2S. The predicted molar refractivity (Wildman–Crippen MR) is 75.3 cm³/mol. The summed E-state index contributed by atoms with van der Waals surface area (Å²) in [5.74, 6) is 1.46. The molecule has 3 aromatic rings. The molecule has 0 atom stereocenters. The lowest BCUT2D eigenvalue weighted by Gasteiger charge is -2.03. The standard InChI is InChI=1S/C15H12FNO2S/c1-10-13(9-18-12-5-2-4-11(16)8-12)17-15(19-10)14-6-3-7-20-14/h2-8H,9H2,1H3. The van der Waals surface area contributed by atoms with Gasteiger partial charge in [-0.25, -0.2) is 9.37 Å². The van der Waals surface area contributed by atoms with Gasteiger partial charge in [-0.3, -0.25) is 0 Å². The molecule has 0 spiro atoms. The number of hydrogen-bond acceptors (Lipinski definition) is 4. The Labute approximate surface area is 119 Å². The van der Waals surface area contributed by atoms with E-state index in [1.807, 2.05) is 24.4 Å². The number of aryl methyl sites for hydroxylation is 1. The molecule has 0 N–H and O–H groups in total. The maximum absolute atomic E-state index is 13.0. The monoisotopic (exact) mass is 289 g/mol. The van der Waals surface area contributed by atoms with Gasteiger partial charge in [-0.05, 0) is 30.5 Å². The Bertz CT molecular complexity index is 706. The highest BCUT2D eigenvalue weighted by atomic mass is 32.1. The van der Waals surface area contributed by atoms with Gasteiger partial charge in [0.15, 0.2) is 0 Å². The molecule has 0 aliphatic carbocycles. The first-order valence-corrected chi connectivity index (χ1v) is 6.99. The van der Waals surface area contributed by atoms with Gasteiger partial charge in [0.25, 0.3) is 0 Å². The number of oxazole rings is 1. The Morgan fingerprint density at radius 2 is 2.20 bits per heavy atom. The SMILES string of the molecule is Cc1oc(-c2cccs2)nc1COc1cccc(F)c1. The van der Waals surface area contributed by atoms with E-state index in [4.69, 9.17) is 9.15 Å². The molecule has 3 rings (SSSR count). The van der Waals surface area contributed by atoms with Crippen LogP contribution in [0.3, 0.4) is 0 Å². The van der Waals surface area contributed by atoms with Crippen molar-refractivity contribution < 1.29 is 13.5 Å². The molecule has 3 nitrogen and oxygen atoms in total. The van der Waals surface area contributed by atoms with Gasteiger partial charge in [0.1, 0.15) is 29.6 Å². The molecule has 0 fully saturated rings. The van der Waals surface area contributed by atoms with Crippen molar-refractivity contribution in [3.63, 3.8) is 0 Å². The summed E-state index contributed by atoms with van der Waals surface area (Å²) >= 11 is 1.57. The summed E-state index contributed by atoms with van der Waals surface area (Å²) in [4.78, 5) is 5.39. The first-order valence-electron chi connectivity index (χ1n) is 6.11. The third-order valence-corrected chi connectivity index (χ3v) is 3.65. The lowest BCUT2D eigenvalue weighted by molar-refractivity contribution is 0.298. The number of aromatic nitrogens is 1. The Hall–Kier alpha value is -2.14. The largest absolute Gasteiger partial charge is 0.487 e. The van der Waals surface area contributed by atoms with Crippen LogP contribution in [-0.4, -0.2) is 4.98 Å². The van der Waals surface area contributed by atoms with Crippen LogP contribution in [0.2, 0.25) is 0 Å². The van der Waals surface area contributed by atoms with E-state index < -0.39 is 0 Å². The molecule has 0 saturated carbocycles. The number of halogens is 1. The van der Waals surface area contributed by atoms with Crippen molar-refractivity contribution in [1.82, 2.24) is 4.98 Å². The molecule has 0 aliphatic rings. The summed E-state index contributed by atoms with van der Waals surface area (Å²) < 4.78 is 24.2. The minimum atomic E-state index is -0.321. The lowest BCUT2D eigenvalue weighted by Crippen LogP contribution is -1.97. The van der Waals surface area contributed by atoms with Crippen molar-refractivity contribution in [1.29, 1.82) is 0 Å². The summed E-state index contributed by atoms with van der Waals surface area (Å²) in [7, 11) is 0. The Kier molecular flexibility index (Phi) is 3.52. The van der Waals surface area contributed by atoms with E-state index in [0.29, 0.717) is 17.4 Å². The molecule has 0 bridgehead atoms. The fourth-order valence-corrected chi connectivity index (χ4v) is 2.43. The summed E-state index contributed by atoms with van der Waals surface area (Å²) in [5.41, 5.74) is 0.720. The first-order chi connectivity index (χ1) is 9.72. The highest BCUT2D eigenvalue weighted by molar-refractivity contribution is 7.13. The van der Waals surface area contributed by atoms with Gasteiger partial charge in [0, 0.05) is 6.07 Å². The van der Waals surface area contributed by atoms with Gasteiger partial charge in [-0.1, -0.05) is 12.1 Å². The average Bonchev–Trinajstić information content (AvgIpc) is 3.06. The van der Waals surface area contributed by atoms with Crippen LogP contribution in [0.5, 0.6) is 5.75 Å².